The number of aliphatic hydroxyl groups is 1. The molecule has 4 rings (SSSR count). The minimum atomic E-state index is -1.06. The lowest BCUT2D eigenvalue weighted by molar-refractivity contribution is -0.148. The van der Waals surface area contributed by atoms with Crippen molar-refractivity contribution in [1.82, 2.24) is 0 Å². The number of hydrogen-bond acceptors (Lipinski definition) is 8. The third-order valence-electron chi connectivity index (χ3n) is 7.74. The Hall–Kier alpha value is -2.52. The van der Waals surface area contributed by atoms with Crippen molar-refractivity contribution in [3.05, 3.63) is 60.3 Å². The van der Waals surface area contributed by atoms with E-state index in [1.165, 1.54) is 18.6 Å². The third-order valence-corrected chi connectivity index (χ3v) is 7.74. The predicted octanol–water partition coefficient (Wildman–Crippen LogP) is 4.68. The maximum absolute atomic E-state index is 12.8. The molecule has 2 bridgehead atoms. The fourth-order valence-corrected chi connectivity index (χ4v) is 5.75. The van der Waals surface area contributed by atoms with E-state index in [-0.39, 0.29) is 42.9 Å². The molecule has 8 heteroatoms. The van der Waals surface area contributed by atoms with Crippen molar-refractivity contribution >= 4 is 11.9 Å². The normalized spacial score (nSPS) is 37.4. The summed E-state index contributed by atoms with van der Waals surface area (Å²) >= 11 is 0. The van der Waals surface area contributed by atoms with Gasteiger partial charge in [-0.2, -0.15) is 0 Å². The van der Waals surface area contributed by atoms with Crippen LogP contribution in [-0.4, -0.2) is 72.5 Å². The van der Waals surface area contributed by atoms with E-state index >= 15 is 0 Å². The molecule has 0 amide bonds. The van der Waals surface area contributed by atoms with Gasteiger partial charge in [0.05, 0.1) is 31.0 Å². The van der Waals surface area contributed by atoms with E-state index < -0.39 is 24.3 Å². The average molecular weight is 557 g/mol. The molecule has 4 aliphatic heterocycles. The van der Waals surface area contributed by atoms with Crippen LogP contribution >= 0.6 is 0 Å². The van der Waals surface area contributed by atoms with Gasteiger partial charge in [-0.05, 0) is 44.9 Å². The van der Waals surface area contributed by atoms with Crippen molar-refractivity contribution < 1.29 is 38.4 Å². The van der Waals surface area contributed by atoms with Crippen molar-refractivity contribution in [2.75, 3.05) is 6.61 Å². The first-order valence-electron chi connectivity index (χ1n) is 14.5. The molecule has 9 atom stereocenters. The minimum absolute atomic E-state index is 0.0937. The maximum atomic E-state index is 12.8. The Morgan fingerprint density at radius 2 is 2.00 bits per heavy atom. The molecule has 1 saturated heterocycles. The van der Waals surface area contributed by atoms with Gasteiger partial charge in [-0.25, -0.2) is 4.79 Å². The third kappa shape index (κ3) is 9.54. The molecule has 8 nitrogen and oxygen atoms in total. The Labute approximate surface area is 237 Å². The molecule has 0 aromatic rings. The maximum Gasteiger partial charge on any atom is 0.330 e. The van der Waals surface area contributed by atoms with Gasteiger partial charge < -0.3 is 28.8 Å². The van der Waals surface area contributed by atoms with Gasteiger partial charge in [0.25, 0.3) is 0 Å². The molecular weight excluding hydrogens is 512 g/mol. The summed E-state index contributed by atoms with van der Waals surface area (Å²) in [6.45, 7) is 10.4. The van der Waals surface area contributed by atoms with Crippen LogP contribution in [0.2, 0.25) is 0 Å². The number of esters is 2. The summed E-state index contributed by atoms with van der Waals surface area (Å²) in [7, 11) is 0. The second kappa shape index (κ2) is 14.4. The van der Waals surface area contributed by atoms with E-state index in [1.54, 1.807) is 12.2 Å². The van der Waals surface area contributed by atoms with E-state index in [0.717, 1.165) is 31.3 Å². The topological polar surface area (TPSA) is 104 Å². The molecule has 1 N–H and O–H groups in total. The number of cyclic esters (lactones) is 1. The van der Waals surface area contributed by atoms with Crippen LogP contribution in [-0.2, 0) is 33.3 Å². The van der Waals surface area contributed by atoms with E-state index in [2.05, 4.69) is 19.6 Å². The van der Waals surface area contributed by atoms with Crippen LogP contribution in [0.25, 0.3) is 0 Å². The van der Waals surface area contributed by atoms with Gasteiger partial charge >= 0.3 is 11.9 Å². The standard InChI is InChI=1S/C32H44O8/c1-20-13-14-36-25(16-20)11-12-27(34)28-19-30-32(40-30)29(37-23(4)33)18-22(3)15-21(2)17-26-9-5-7-24(38-26)8-6-10-31(35)39-28/h5-7,10-13,21,24-30,32,34H,3,8-9,14-19H2,1-2,4H3/b10-6+,12-11+/t21-,24-,25+,26-,27-,28-,29-,30+,32-/m0/s1. The first-order chi connectivity index (χ1) is 19.2. The van der Waals surface area contributed by atoms with Gasteiger partial charge in [-0.1, -0.05) is 61.1 Å². The number of carbonyl (C=O) groups is 2. The number of carbonyl (C=O) groups excluding carboxylic acids is 2. The van der Waals surface area contributed by atoms with E-state index in [9.17, 15) is 14.7 Å². The lowest BCUT2D eigenvalue weighted by atomic mass is 9.90. The molecular formula is C32H44O8. The zero-order valence-corrected chi connectivity index (χ0v) is 23.9. The zero-order valence-electron chi connectivity index (χ0n) is 23.9. The number of rotatable bonds is 4. The molecule has 4 aliphatic rings. The summed E-state index contributed by atoms with van der Waals surface area (Å²) in [4.78, 5) is 24.7. The van der Waals surface area contributed by atoms with Gasteiger partial charge in [0.15, 0.2) is 0 Å². The quantitative estimate of drug-likeness (QED) is 0.303. The molecule has 220 valence electrons. The summed E-state index contributed by atoms with van der Waals surface area (Å²) in [6, 6.07) is 0. The SMILES string of the molecule is C=C1C[C@H](C)C[C@@H]2CC=C[C@@H](C/C=C/C(=O)O[C@H]([C@@H](O)/C=C/[C@@H]3CC(C)=CCO3)C[C@H]3O[C@H]3[C@@H](OC(C)=O)C1)O2. The fraction of sp³-hybridized carbons (Fsp3) is 0.625. The highest BCUT2D eigenvalue weighted by Crippen LogP contribution is 2.36. The summed E-state index contributed by atoms with van der Waals surface area (Å²) in [6.07, 6.45) is 14.1. The predicted molar refractivity (Wildman–Crippen MR) is 150 cm³/mol. The van der Waals surface area contributed by atoms with Crippen LogP contribution in [0, 0.1) is 5.92 Å². The lowest BCUT2D eigenvalue weighted by Gasteiger charge is -2.28. The minimum Gasteiger partial charge on any atom is -0.459 e. The number of hydrogen-bond donors (Lipinski definition) is 1. The molecule has 40 heavy (non-hydrogen) atoms. The van der Waals surface area contributed by atoms with Crippen molar-refractivity contribution in [3.63, 3.8) is 0 Å². The van der Waals surface area contributed by atoms with Gasteiger partial charge in [-0.15, -0.1) is 0 Å². The second-order valence-corrected chi connectivity index (χ2v) is 11.6. The second-order valence-electron chi connectivity index (χ2n) is 11.6. The van der Waals surface area contributed by atoms with Crippen LogP contribution in [0.4, 0.5) is 0 Å². The van der Waals surface area contributed by atoms with Gasteiger partial charge in [0.1, 0.15) is 24.4 Å². The van der Waals surface area contributed by atoms with Crippen LogP contribution in [0.15, 0.2) is 60.3 Å². The summed E-state index contributed by atoms with van der Waals surface area (Å²) < 4.78 is 29.3. The number of aliphatic hydroxyl groups excluding tert-OH is 1. The van der Waals surface area contributed by atoms with Crippen LogP contribution in [0.3, 0.4) is 0 Å². The molecule has 0 aliphatic carbocycles. The van der Waals surface area contributed by atoms with Crippen LogP contribution in [0.5, 0.6) is 0 Å². The van der Waals surface area contributed by atoms with Crippen molar-refractivity contribution in [1.29, 1.82) is 0 Å². The van der Waals surface area contributed by atoms with E-state index in [1.807, 2.05) is 25.2 Å². The average Bonchev–Trinajstić information content (AvgIpc) is 3.65. The summed E-state index contributed by atoms with van der Waals surface area (Å²) in [5.74, 6) is -0.580. The molecule has 0 unspecified atom stereocenters. The molecule has 1 fully saturated rings. The molecule has 4 heterocycles. The Kier molecular flexibility index (Phi) is 11.0. The molecule has 0 radical (unpaired) electrons. The first kappa shape index (κ1) is 30.4. The largest absolute Gasteiger partial charge is 0.459 e. The van der Waals surface area contributed by atoms with Crippen molar-refractivity contribution in [2.45, 2.75) is 115 Å². The number of ether oxygens (including phenoxy) is 5. The first-order valence-corrected chi connectivity index (χ1v) is 14.5. The van der Waals surface area contributed by atoms with E-state index in [4.69, 9.17) is 23.7 Å². The van der Waals surface area contributed by atoms with Crippen LogP contribution in [0.1, 0.15) is 65.7 Å². The van der Waals surface area contributed by atoms with Crippen LogP contribution < -0.4 is 0 Å². The van der Waals surface area contributed by atoms with Crippen molar-refractivity contribution in [2.24, 2.45) is 5.92 Å². The summed E-state index contributed by atoms with van der Waals surface area (Å²) in [5.41, 5.74) is 2.22. The highest BCUT2D eigenvalue weighted by molar-refractivity contribution is 5.82. The lowest BCUT2D eigenvalue weighted by Crippen LogP contribution is -2.33. The Balaban J connectivity index is 1.50. The van der Waals surface area contributed by atoms with E-state index in [0.29, 0.717) is 25.4 Å². The highest BCUT2D eigenvalue weighted by atomic mass is 16.6. The number of epoxide rings is 1. The monoisotopic (exact) mass is 556 g/mol. The molecule has 0 saturated carbocycles. The highest BCUT2D eigenvalue weighted by Gasteiger charge is 2.48. The molecule has 0 aromatic carbocycles. The zero-order chi connectivity index (χ0) is 28.6. The van der Waals surface area contributed by atoms with Gasteiger partial charge in [-0.3, -0.25) is 4.79 Å². The summed E-state index contributed by atoms with van der Waals surface area (Å²) in [5, 5.41) is 11.0. The molecule has 0 spiro atoms. The fourth-order valence-electron chi connectivity index (χ4n) is 5.75. The smallest absolute Gasteiger partial charge is 0.330 e. The molecule has 0 aromatic heterocycles. The van der Waals surface area contributed by atoms with Crippen molar-refractivity contribution in [3.8, 4) is 0 Å². The Morgan fingerprint density at radius 1 is 1.18 bits per heavy atom. The number of fused-ring (bicyclic) bond motifs is 3. The Bertz CT molecular complexity index is 1030. The van der Waals surface area contributed by atoms with Gasteiger partial charge in [0.2, 0.25) is 0 Å². The van der Waals surface area contributed by atoms with Gasteiger partial charge in [0, 0.05) is 25.8 Å². The Morgan fingerprint density at radius 3 is 2.77 bits per heavy atom.